The molecule has 0 radical (unpaired) electrons. The van der Waals surface area contributed by atoms with Gasteiger partial charge in [-0.25, -0.2) is 13.1 Å². The Bertz CT molecular complexity index is 742. The molecule has 1 aliphatic heterocycles. The van der Waals surface area contributed by atoms with Crippen LogP contribution in [0.3, 0.4) is 0 Å². The number of hydrogen-bond donors (Lipinski definition) is 2. The summed E-state index contributed by atoms with van der Waals surface area (Å²) in [4.78, 5) is 24.8. The lowest BCUT2D eigenvalue weighted by atomic mass is 10.3. The first-order chi connectivity index (χ1) is 11.8. The molecule has 0 bridgehead atoms. The predicted molar refractivity (Wildman–Crippen MR) is 92.9 cm³/mol. The van der Waals surface area contributed by atoms with E-state index in [1.54, 1.807) is 11.0 Å². The second kappa shape index (κ2) is 8.30. The third kappa shape index (κ3) is 5.17. The van der Waals surface area contributed by atoms with Crippen LogP contribution in [0, 0.1) is 0 Å². The molecule has 0 atom stereocenters. The fraction of sp³-hybridized carbons (Fsp3) is 0.500. The number of likely N-dealkylation sites (tertiary alicyclic amines) is 1. The largest absolute Gasteiger partial charge is 0.495 e. The highest BCUT2D eigenvalue weighted by molar-refractivity contribution is 7.89. The van der Waals surface area contributed by atoms with E-state index < -0.39 is 10.0 Å². The Labute approximate surface area is 147 Å². The number of sulfonamides is 1. The van der Waals surface area contributed by atoms with Crippen molar-refractivity contribution in [2.75, 3.05) is 32.1 Å². The molecule has 0 aromatic heterocycles. The van der Waals surface area contributed by atoms with E-state index in [0.717, 1.165) is 25.9 Å². The van der Waals surface area contributed by atoms with Crippen LogP contribution in [0.2, 0.25) is 0 Å². The highest BCUT2D eigenvalue weighted by atomic mass is 32.2. The smallest absolute Gasteiger partial charge is 0.244 e. The summed E-state index contributed by atoms with van der Waals surface area (Å²) in [7, 11) is -2.51. The molecule has 0 unspecified atom stereocenters. The van der Waals surface area contributed by atoms with Crippen LogP contribution in [0.5, 0.6) is 5.75 Å². The predicted octanol–water partition coefficient (Wildman–Crippen LogP) is 0.944. The van der Waals surface area contributed by atoms with Crippen molar-refractivity contribution in [2.24, 2.45) is 0 Å². The average Bonchev–Trinajstić information content (AvgIpc) is 3.08. The SMILES string of the molecule is COc1ccc(NC(C)=O)cc1S(=O)(=O)NCCC(=O)N1CCCC1. The number of carbonyl (C=O) groups is 2. The maximum atomic E-state index is 12.5. The minimum atomic E-state index is -3.88. The molecule has 1 aliphatic rings. The van der Waals surface area contributed by atoms with Crippen molar-refractivity contribution >= 4 is 27.5 Å². The van der Waals surface area contributed by atoms with Gasteiger partial charge in [-0.1, -0.05) is 0 Å². The van der Waals surface area contributed by atoms with Gasteiger partial charge in [0.15, 0.2) is 0 Å². The molecule has 1 heterocycles. The van der Waals surface area contributed by atoms with E-state index in [-0.39, 0.29) is 35.4 Å². The van der Waals surface area contributed by atoms with Crippen LogP contribution in [0.25, 0.3) is 0 Å². The first-order valence-corrected chi connectivity index (χ1v) is 9.55. The van der Waals surface area contributed by atoms with E-state index in [0.29, 0.717) is 5.69 Å². The third-order valence-electron chi connectivity index (χ3n) is 3.86. The van der Waals surface area contributed by atoms with Gasteiger partial charge in [-0.05, 0) is 31.0 Å². The fourth-order valence-electron chi connectivity index (χ4n) is 2.66. The molecule has 1 saturated heterocycles. The molecule has 0 aliphatic carbocycles. The summed E-state index contributed by atoms with van der Waals surface area (Å²) in [6.07, 6.45) is 2.09. The standard InChI is InChI=1S/C16H23N3O5S/c1-12(20)18-13-5-6-14(24-2)15(11-13)25(22,23)17-8-7-16(21)19-9-3-4-10-19/h5-6,11,17H,3-4,7-10H2,1-2H3,(H,18,20). The molecule has 1 fully saturated rings. The van der Waals surface area contributed by atoms with E-state index in [4.69, 9.17) is 4.74 Å². The van der Waals surface area contributed by atoms with Gasteiger partial charge in [0.05, 0.1) is 7.11 Å². The van der Waals surface area contributed by atoms with E-state index in [2.05, 4.69) is 10.0 Å². The number of amides is 2. The molecule has 0 saturated carbocycles. The zero-order chi connectivity index (χ0) is 18.4. The number of ether oxygens (including phenoxy) is 1. The first-order valence-electron chi connectivity index (χ1n) is 8.06. The summed E-state index contributed by atoms with van der Waals surface area (Å²) >= 11 is 0. The van der Waals surface area contributed by atoms with Gasteiger partial charge in [0, 0.05) is 38.7 Å². The van der Waals surface area contributed by atoms with E-state index in [1.807, 2.05) is 0 Å². The Kier molecular flexibility index (Phi) is 6.38. The number of carbonyl (C=O) groups excluding carboxylic acids is 2. The molecule has 25 heavy (non-hydrogen) atoms. The van der Waals surface area contributed by atoms with Crippen molar-refractivity contribution in [3.8, 4) is 5.75 Å². The van der Waals surface area contributed by atoms with Gasteiger partial charge in [0.1, 0.15) is 10.6 Å². The van der Waals surface area contributed by atoms with Crippen molar-refractivity contribution in [3.05, 3.63) is 18.2 Å². The monoisotopic (exact) mass is 369 g/mol. The average molecular weight is 369 g/mol. The topological polar surface area (TPSA) is 105 Å². The summed E-state index contributed by atoms with van der Waals surface area (Å²) in [6, 6.07) is 4.34. The number of hydrogen-bond acceptors (Lipinski definition) is 5. The molecule has 1 aromatic carbocycles. The lowest BCUT2D eigenvalue weighted by Gasteiger charge is -2.16. The molecule has 138 valence electrons. The van der Waals surface area contributed by atoms with Crippen LogP contribution in [0.1, 0.15) is 26.2 Å². The van der Waals surface area contributed by atoms with Gasteiger partial charge in [-0.2, -0.15) is 0 Å². The molecule has 0 spiro atoms. The van der Waals surface area contributed by atoms with E-state index in [1.165, 1.54) is 26.2 Å². The Hall–Kier alpha value is -2.13. The van der Waals surface area contributed by atoms with Crippen LogP contribution in [0.4, 0.5) is 5.69 Å². The Morgan fingerprint density at radius 2 is 1.92 bits per heavy atom. The second-order valence-electron chi connectivity index (χ2n) is 5.78. The quantitative estimate of drug-likeness (QED) is 0.744. The fourth-order valence-corrected chi connectivity index (χ4v) is 3.89. The highest BCUT2D eigenvalue weighted by Crippen LogP contribution is 2.27. The molecular weight excluding hydrogens is 346 g/mol. The van der Waals surface area contributed by atoms with Crippen molar-refractivity contribution in [2.45, 2.75) is 31.1 Å². The molecule has 1 aromatic rings. The van der Waals surface area contributed by atoms with Gasteiger partial charge in [0.25, 0.3) is 0 Å². The Morgan fingerprint density at radius 3 is 2.52 bits per heavy atom. The summed E-state index contributed by atoms with van der Waals surface area (Å²) in [5, 5.41) is 2.53. The van der Waals surface area contributed by atoms with Crippen LogP contribution >= 0.6 is 0 Å². The number of methoxy groups -OCH3 is 1. The summed E-state index contributed by atoms with van der Waals surface area (Å²) < 4.78 is 32.6. The van der Waals surface area contributed by atoms with Crippen molar-refractivity contribution in [3.63, 3.8) is 0 Å². The van der Waals surface area contributed by atoms with Gasteiger partial charge in [-0.15, -0.1) is 0 Å². The van der Waals surface area contributed by atoms with E-state index in [9.17, 15) is 18.0 Å². The zero-order valence-electron chi connectivity index (χ0n) is 14.4. The van der Waals surface area contributed by atoms with Crippen LogP contribution in [-0.2, 0) is 19.6 Å². The number of nitrogens with one attached hydrogen (secondary N) is 2. The van der Waals surface area contributed by atoms with Gasteiger partial charge < -0.3 is 15.0 Å². The van der Waals surface area contributed by atoms with Gasteiger partial charge in [-0.3, -0.25) is 9.59 Å². The number of rotatable bonds is 7. The number of nitrogens with zero attached hydrogens (tertiary/aromatic N) is 1. The molecular formula is C16H23N3O5S. The summed E-state index contributed by atoms with van der Waals surface area (Å²) in [5.74, 6) is -0.204. The first kappa shape index (κ1) is 19.2. The number of benzene rings is 1. The maximum absolute atomic E-state index is 12.5. The van der Waals surface area contributed by atoms with Gasteiger partial charge >= 0.3 is 0 Å². The van der Waals surface area contributed by atoms with Crippen molar-refractivity contribution < 1.29 is 22.7 Å². The summed E-state index contributed by atoms with van der Waals surface area (Å²) in [5.41, 5.74) is 0.349. The normalized spacial score (nSPS) is 14.4. The third-order valence-corrected chi connectivity index (χ3v) is 5.35. The second-order valence-corrected chi connectivity index (χ2v) is 7.52. The zero-order valence-corrected chi connectivity index (χ0v) is 15.2. The maximum Gasteiger partial charge on any atom is 0.244 e. The Morgan fingerprint density at radius 1 is 1.24 bits per heavy atom. The lowest BCUT2D eigenvalue weighted by Crippen LogP contribution is -2.32. The minimum Gasteiger partial charge on any atom is -0.495 e. The van der Waals surface area contributed by atoms with Crippen molar-refractivity contribution in [1.29, 1.82) is 0 Å². The Balaban J connectivity index is 2.06. The molecule has 9 heteroatoms. The highest BCUT2D eigenvalue weighted by Gasteiger charge is 2.22. The van der Waals surface area contributed by atoms with Crippen LogP contribution < -0.4 is 14.8 Å². The molecule has 2 N–H and O–H groups in total. The van der Waals surface area contributed by atoms with Gasteiger partial charge in [0.2, 0.25) is 21.8 Å². The van der Waals surface area contributed by atoms with Crippen LogP contribution in [0.15, 0.2) is 23.1 Å². The number of anilines is 1. The molecule has 2 rings (SSSR count). The molecule has 2 amide bonds. The lowest BCUT2D eigenvalue weighted by molar-refractivity contribution is -0.129. The van der Waals surface area contributed by atoms with Crippen LogP contribution in [-0.4, -0.2) is 51.9 Å². The summed E-state index contributed by atoms with van der Waals surface area (Å²) in [6.45, 7) is 2.81. The van der Waals surface area contributed by atoms with Crippen molar-refractivity contribution in [1.82, 2.24) is 9.62 Å². The minimum absolute atomic E-state index is 0.00514. The van der Waals surface area contributed by atoms with E-state index >= 15 is 0 Å². The molecule has 8 nitrogen and oxygen atoms in total.